The Bertz CT molecular complexity index is 973. The number of imidazole rings is 1. The monoisotopic (exact) mass is 396 g/mol. The largest absolute Gasteiger partial charge is 0.346 e. The number of amides is 2. The molecule has 0 bridgehead atoms. The van der Waals surface area contributed by atoms with Gasteiger partial charge in [-0.2, -0.15) is 0 Å². The summed E-state index contributed by atoms with van der Waals surface area (Å²) in [6.45, 7) is 2.98. The molecule has 2 aromatic rings. The second-order valence-corrected chi connectivity index (χ2v) is 7.91. The van der Waals surface area contributed by atoms with Gasteiger partial charge in [0, 0.05) is 24.6 Å². The van der Waals surface area contributed by atoms with E-state index in [2.05, 4.69) is 21.2 Å². The maximum Gasteiger partial charge on any atom is 0.269 e. The van der Waals surface area contributed by atoms with Crippen LogP contribution < -0.4 is 5.32 Å². The number of aromatic amines is 1. The maximum atomic E-state index is 12.9. The minimum absolute atomic E-state index is 0.119. The molecule has 2 N–H and O–H groups in total. The molecule has 1 aliphatic heterocycles. The number of rotatable bonds is 4. The van der Waals surface area contributed by atoms with Crippen molar-refractivity contribution in [2.24, 2.45) is 5.92 Å². The molecule has 4 rings (SSSR count). The fourth-order valence-electron chi connectivity index (χ4n) is 3.56. The molecule has 2 heterocycles. The van der Waals surface area contributed by atoms with Crippen LogP contribution in [-0.4, -0.2) is 45.8 Å². The number of likely N-dealkylation sites (tertiary alicyclic amines) is 1. The van der Waals surface area contributed by atoms with Gasteiger partial charge in [0.05, 0.1) is 22.8 Å². The van der Waals surface area contributed by atoms with E-state index >= 15 is 0 Å². The molecule has 28 heavy (non-hydrogen) atoms. The fraction of sp³-hybridized carbons (Fsp3) is 0.381. The Morgan fingerprint density at radius 1 is 1.36 bits per heavy atom. The van der Waals surface area contributed by atoms with Crippen LogP contribution in [0.25, 0.3) is 0 Å². The summed E-state index contributed by atoms with van der Waals surface area (Å²) in [5.74, 6) is 3.57. The van der Waals surface area contributed by atoms with Crippen molar-refractivity contribution < 1.29 is 9.59 Å². The average molecular weight is 397 g/mol. The van der Waals surface area contributed by atoms with Crippen molar-refractivity contribution in [3.8, 4) is 12.3 Å². The summed E-state index contributed by atoms with van der Waals surface area (Å²) < 4.78 is 0. The topological polar surface area (TPSA) is 78.1 Å². The lowest BCUT2D eigenvalue weighted by Crippen LogP contribution is -2.40. The molecule has 0 spiro atoms. The lowest BCUT2D eigenvalue weighted by molar-refractivity contribution is 0.0781. The van der Waals surface area contributed by atoms with Crippen molar-refractivity contribution in [3.63, 3.8) is 0 Å². The molecule has 1 aliphatic carbocycles. The van der Waals surface area contributed by atoms with Crippen molar-refractivity contribution >= 4 is 23.4 Å². The number of hydrogen-bond donors (Lipinski definition) is 2. The highest BCUT2D eigenvalue weighted by atomic mass is 35.5. The number of carbonyl (C=O) groups is 2. The van der Waals surface area contributed by atoms with Gasteiger partial charge in [0.25, 0.3) is 11.8 Å². The Hall–Kier alpha value is -2.78. The smallest absolute Gasteiger partial charge is 0.269 e. The van der Waals surface area contributed by atoms with E-state index in [1.165, 1.54) is 0 Å². The second-order valence-electron chi connectivity index (χ2n) is 7.54. The molecule has 0 unspecified atom stereocenters. The standard InChI is InChI=1S/C21H21ClN4O2/c1-3-13-5-4-6-15(18(13)22)21(28)26-10-12(2)17(11-26)25-20(27)16-9-23-19(24-16)14-7-8-14/h1,4-6,9,12,14,17H,7-8,10-11H2,2H3,(H,23,24)(H,25,27)/t12-,17+/m1/s1. The van der Waals surface area contributed by atoms with Gasteiger partial charge in [-0.05, 0) is 30.9 Å². The molecule has 1 saturated carbocycles. The van der Waals surface area contributed by atoms with E-state index in [-0.39, 0.29) is 23.8 Å². The number of aromatic nitrogens is 2. The van der Waals surface area contributed by atoms with Gasteiger partial charge in [-0.3, -0.25) is 9.59 Å². The zero-order chi connectivity index (χ0) is 19.8. The number of nitrogens with zero attached hydrogens (tertiary/aromatic N) is 2. The summed E-state index contributed by atoms with van der Waals surface area (Å²) in [6, 6.07) is 4.96. The van der Waals surface area contributed by atoms with Gasteiger partial charge in [0.1, 0.15) is 11.5 Å². The van der Waals surface area contributed by atoms with Crippen LogP contribution in [0.1, 0.15) is 57.9 Å². The van der Waals surface area contributed by atoms with Crippen molar-refractivity contribution in [1.82, 2.24) is 20.2 Å². The molecule has 2 amide bonds. The van der Waals surface area contributed by atoms with E-state index in [4.69, 9.17) is 18.0 Å². The highest BCUT2D eigenvalue weighted by Gasteiger charge is 2.35. The summed E-state index contributed by atoms with van der Waals surface area (Å²) in [4.78, 5) is 34.6. The Morgan fingerprint density at radius 3 is 2.86 bits per heavy atom. The normalized spacial score (nSPS) is 21.4. The van der Waals surface area contributed by atoms with Gasteiger partial charge >= 0.3 is 0 Å². The molecular weight excluding hydrogens is 376 g/mol. The van der Waals surface area contributed by atoms with Crippen LogP contribution in [0.15, 0.2) is 24.4 Å². The molecule has 1 aromatic heterocycles. The Morgan fingerprint density at radius 2 is 2.14 bits per heavy atom. The minimum Gasteiger partial charge on any atom is -0.346 e. The van der Waals surface area contributed by atoms with Crippen LogP contribution in [-0.2, 0) is 0 Å². The number of terminal acetylenes is 1. The molecular formula is C21H21ClN4O2. The van der Waals surface area contributed by atoms with E-state index in [9.17, 15) is 9.59 Å². The van der Waals surface area contributed by atoms with E-state index < -0.39 is 0 Å². The molecule has 0 radical (unpaired) electrons. The third-order valence-corrected chi connectivity index (χ3v) is 5.81. The quantitative estimate of drug-likeness (QED) is 0.780. The first-order valence-corrected chi connectivity index (χ1v) is 9.76. The van der Waals surface area contributed by atoms with Gasteiger partial charge in [-0.15, -0.1) is 6.42 Å². The summed E-state index contributed by atoms with van der Waals surface area (Å²) in [5, 5.41) is 3.31. The lowest BCUT2D eigenvalue weighted by atomic mass is 10.1. The van der Waals surface area contributed by atoms with Gasteiger partial charge in [0.15, 0.2) is 0 Å². The summed E-state index contributed by atoms with van der Waals surface area (Å²) in [6.07, 6.45) is 9.26. The van der Waals surface area contributed by atoms with Crippen LogP contribution in [0, 0.1) is 18.3 Å². The van der Waals surface area contributed by atoms with Crippen LogP contribution in [0.5, 0.6) is 0 Å². The number of benzene rings is 1. The number of H-pyrrole nitrogens is 1. The first-order valence-electron chi connectivity index (χ1n) is 9.38. The van der Waals surface area contributed by atoms with Gasteiger partial charge in [-0.25, -0.2) is 4.98 Å². The van der Waals surface area contributed by atoms with Crippen LogP contribution in [0.4, 0.5) is 0 Å². The molecule has 1 saturated heterocycles. The lowest BCUT2D eigenvalue weighted by Gasteiger charge is -2.18. The van der Waals surface area contributed by atoms with Crippen molar-refractivity contribution in [2.75, 3.05) is 13.1 Å². The van der Waals surface area contributed by atoms with Crippen LogP contribution >= 0.6 is 11.6 Å². The third kappa shape index (κ3) is 3.50. The van der Waals surface area contributed by atoms with Gasteiger partial charge in [0.2, 0.25) is 0 Å². The van der Waals surface area contributed by atoms with Gasteiger partial charge in [-0.1, -0.05) is 30.5 Å². The molecule has 1 aromatic carbocycles. The highest BCUT2D eigenvalue weighted by molar-refractivity contribution is 6.35. The van der Waals surface area contributed by atoms with Crippen LogP contribution in [0.3, 0.4) is 0 Å². The minimum atomic E-state index is -0.196. The maximum absolute atomic E-state index is 12.9. The Balaban J connectivity index is 1.43. The predicted octanol–water partition coefficient (Wildman–Crippen LogP) is 2.81. The fourth-order valence-corrected chi connectivity index (χ4v) is 3.82. The van der Waals surface area contributed by atoms with Crippen molar-refractivity contribution in [1.29, 1.82) is 0 Å². The first-order chi connectivity index (χ1) is 13.5. The van der Waals surface area contributed by atoms with E-state index in [0.717, 1.165) is 18.7 Å². The number of halogens is 1. The van der Waals surface area contributed by atoms with E-state index in [1.54, 1.807) is 29.3 Å². The van der Waals surface area contributed by atoms with Crippen molar-refractivity contribution in [3.05, 3.63) is 52.1 Å². The Labute approximate surface area is 168 Å². The highest BCUT2D eigenvalue weighted by Crippen LogP contribution is 2.38. The number of nitrogens with one attached hydrogen (secondary N) is 2. The van der Waals surface area contributed by atoms with Crippen molar-refractivity contribution in [2.45, 2.75) is 31.7 Å². The summed E-state index contributed by atoms with van der Waals surface area (Å²) >= 11 is 6.28. The SMILES string of the molecule is C#Cc1cccc(C(=O)N2C[C@@H](C)[C@@H](NC(=O)c3cnc(C4CC4)[nH]3)C2)c1Cl. The summed E-state index contributed by atoms with van der Waals surface area (Å²) in [5.41, 5.74) is 1.35. The summed E-state index contributed by atoms with van der Waals surface area (Å²) in [7, 11) is 0. The molecule has 2 atom stereocenters. The second kappa shape index (κ2) is 7.33. The van der Waals surface area contributed by atoms with Crippen LogP contribution in [0.2, 0.25) is 5.02 Å². The average Bonchev–Trinajstić information content (AvgIpc) is 3.30. The number of hydrogen-bond acceptors (Lipinski definition) is 3. The predicted molar refractivity (Wildman–Crippen MR) is 106 cm³/mol. The molecule has 2 aliphatic rings. The molecule has 144 valence electrons. The number of carbonyl (C=O) groups excluding carboxylic acids is 2. The van der Waals surface area contributed by atoms with E-state index in [1.807, 2.05) is 6.92 Å². The molecule has 6 nitrogen and oxygen atoms in total. The molecule has 2 fully saturated rings. The zero-order valence-corrected chi connectivity index (χ0v) is 16.3. The van der Waals surface area contributed by atoms with Gasteiger partial charge < -0.3 is 15.2 Å². The third-order valence-electron chi connectivity index (χ3n) is 5.40. The zero-order valence-electron chi connectivity index (χ0n) is 15.5. The molecule has 7 heteroatoms. The Kier molecular flexibility index (Phi) is 4.86. The first kappa shape index (κ1) is 18.6. The van der Waals surface area contributed by atoms with E-state index in [0.29, 0.717) is 40.9 Å².